The Morgan fingerprint density at radius 3 is 2.80 bits per heavy atom. The van der Waals surface area contributed by atoms with E-state index < -0.39 is 0 Å². The van der Waals surface area contributed by atoms with Gasteiger partial charge in [0.2, 0.25) is 0 Å². The second-order valence-corrected chi connectivity index (χ2v) is 4.71. The second-order valence-electron chi connectivity index (χ2n) is 4.71. The van der Waals surface area contributed by atoms with Crippen molar-refractivity contribution in [3.05, 3.63) is 29.3 Å². The van der Waals surface area contributed by atoms with Crippen LogP contribution in [0.1, 0.15) is 18.1 Å². The van der Waals surface area contributed by atoms with Gasteiger partial charge >= 0.3 is 0 Å². The highest BCUT2D eigenvalue weighted by Crippen LogP contribution is 2.20. The van der Waals surface area contributed by atoms with Crippen LogP contribution < -0.4 is 15.8 Å². The van der Waals surface area contributed by atoms with Gasteiger partial charge in [-0.05, 0) is 23.6 Å². The van der Waals surface area contributed by atoms with Crippen molar-refractivity contribution in [1.29, 1.82) is 0 Å². The van der Waals surface area contributed by atoms with Gasteiger partial charge < -0.3 is 25.7 Å². The fourth-order valence-corrected chi connectivity index (χ4v) is 1.92. The highest BCUT2D eigenvalue weighted by atomic mass is 16.5. The molecule has 20 heavy (non-hydrogen) atoms. The molecule has 0 saturated carbocycles. The van der Waals surface area contributed by atoms with E-state index in [9.17, 15) is 0 Å². The zero-order valence-electron chi connectivity index (χ0n) is 12.2. The molecule has 0 aliphatic rings. The number of benzene rings is 1. The lowest BCUT2D eigenvalue weighted by Gasteiger charge is -2.13. The number of hydrogen-bond donors (Lipinski definition) is 3. The molecule has 1 aromatic rings. The summed E-state index contributed by atoms with van der Waals surface area (Å²) in [6.07, 6.45) is 0. The molecule has 0 aliphatic heterocycles. The van der Waals surface area contributed by atoms with Crippen molar-refractivity contribution in [3.63, 3.8) is 0 Å². The van der Waals surface area contributed by atoms with Crippen LogP contribution >= 0.6 is 0 Å². The van der Waals surface area contributed by atoms with E-state index in [-0.39, 0.29) is 5.84 Å². The Balaban J connectivity index is 2.64. The van der Waals surface area contributed by atoms with Crippen molar-refractivity contribution in [2.45, 2.75) is 13.5 Å². The van der Waals surface area contributed by atoms with Gasteiger partial charge in [0.25, 0.3) is 0 Å². The van der Waals surface area contributed by atoms with Crippen LogP contribution in [0.3, 0.4) is 0 Å². The van der Waals surface area contributed by atoms with Gasteiger partial charge in [-0.25, -0.2) is 0 Å². The summed E-state index contributed by atoms with van der Waals surface area (Å²) in [7, 11) is 3.26. The Kier molecular flexibility index (Phi) is 6.83. The lowest BCUT2D eigenvalue weighted by molar-refractivity contribution is 0.158. The Morgan fingerprint density at radius 2 is 2.20 bits per heavy atom. The number of nitrogens with zero attached hydrogens (tertiary/aromatic N) is 1. The maximum atomic E-state index is 8.71. The van der Waals surface area contributed by atoms with Gasteiger partial charge in [0.1, 0.15) is 5.75 Å². The minimum absolute atomic E-state index is 0.0371. The molecule has 0 amide bonds. The van der Waals surface area contributed by atoms with E-state index in [1.54, 1.807) is 20.3 Å². The molecule has 0 aromatic heterocycles. The molecule has 0 bridgehead atoms. The van der Waals surface area contributed by atoms with E-state index >= 15 is 0 Å². The molecular weight excluding hydrogens is 258 g/mol. The van der Waals surface area contributed by atoms with Gasteiger partial charge in [-0.1, -0.05) is 18.1 Å². The van der Waals surface area contributed by atoms with E-state index in [0.717, 1.165) is 25.3 Å². The van der Waals surface area contributed by atoms with Gasteiger partial charge in [-0.15, -0.1) is 0 Å². The van der Waals surface area contributed by atoms with Gasteiger partial charge in [-0.2, -0.15) is 0 Å². The minimum Gasteiger partial charge on any atom is -0.496 e. The van der Waals surface area contributed by atoms with Crippen LogP contribution in [-0.2, 0) is 11.3 Å². The summed E-state index contributed by atoms with van der Waals surface area (Å²) < 4.78 is 10.3. The van der Waals surface area contributed by atoms with Crippen LogP contribution in [0.15, 0.2) is 23.4 Å². The maximum absolute atomic E-state index is 8.71. The topological polar surface area (TPSA) is 89.1 Å². The van der Waals surface area contributed by atoms with E-state index in [0.29, 0.717) is 17.2 Å². The van der Waals surface area contributed by atoms with Crippen LogP contribution in [0.4, 0.5) is 0 Å². The minimum atomic E-state index is 0.0371. The van der Waals surface area contributed by atoms with E-state index in [1.807, 2.05) is 12.1 Å². The number of oxime groups is 1. The maximum Gasteiger partial charge on any atom is 0.173 e. The fraction of sp³-hybridized carbons (Fsp3) is 0.500. The SMILES string of the molecule is COCC(C)CNCc1ccc(/C(N)=N/O)c(OC)c1. The summed E-state index contributed by atoms with van der Waals surface area (Å²) in [5.74, 6) is 1.08. The number of hydrogen-bond acceptors (Lipinski definition) is 5. The molecule has 0 spiro atoms. The molecule has 0 saturated heterocycles. The third-order valence-electron chi connectivity index (χ3n) is 2.92. The smallest absolute Gasteiger partial charge is 0.173 e. The molecule has 1 unspecified atom stereocenters. The van der Waals surface area contributed by atoms with Crippen molar-refractivity contribution in [1.82, 2.24) is 5.32 Å². The van der Waals surface area contributed by atoms with Crippen LogP contribution in [-0.4, -0.2) is 38.4 Å². The largest absolute Gasteiger partial charge is 0.496 e. The summed E-state index contributed by atoms with van der Waals surface area (Å²) in [6.45, 7) is 4.45. The summed E-state index contributed by atoms with van der Waals surface area (Å²) in [5.41, 5.74) is 7.23. The average Bonchev–Trinajstić information content (AvgIpc) is 2.46. The molecule has 0 radical (unpaired) electrons. The highest BCUT2D eigenvalue weighted by Gasteiger charge is 2.09. The van der Waals surface area contributed by atoms with Gasteiger partial charge in [0, 0.05) is 26.8 Å². The number of amidine groups is 1. The number of methoxy groups -OCH3 is 2. The highest BCUT2D eigenvalue weighted by molar-refractivity contribution is 5.99. The third kappa shape index (κ3) is 4.71. The Hall–Kier alpha value is -1.79. The zero-order valence-corrected chi connectivity index (χ0v) is 12.2. The molecule has 0 fully saturated rings. The number of nitrogens with two attached hydrogens (primary N) is 1. The number of rotatable bonds is 8. The lowest BCUT2D eigenvalue weighted by atomic mass is 10.1. The standard InChI is InChI=1S/C14H23N3O3/c1-10(9-19-2)7-16-8-11-4-5-12(14(15)17-18)13(6-11)20-3/h4-6,10,16,18H,7-9H2,1-3H3,(H2,15,17). The zero-order chi connectivity index (χ0) is 15.0. The van der Waals surface area contributed by atoms with Crippen molar-refractivity contribution in [2.24, 2.45) is 16.8 Å². The van der Waals surface area contributed by atoms with E-state index in [2.05, 4.69) is 17.4 Å². The first-order valence-electron chi connectivity index (χ1n) is 6.46. The fourth-order valence-electron chi connectivity index (χ4n) is 1.92. The Bertz CT molecular complexity index is 449. The van der Waals surface area contributed by atoms with E-state index in [1.165, 1.54) is 0 Å². The van der Waals surface area contributed by atoms with Gasteiger partial charge in [-0.3, -0.25) is 0 Å². The number of nitrogens with one attached hydrogen (secondary N) is 1. The monoisotopic (exact) mass is 281 g/mol. The summed E-state index contributed by atoms with van der Waals surface area (Å²) in [6, 6.07) is 5.58. The van der Waals surface area contributed by atoms with Crippen molar-refractivity contribution < 1.29 is 14.7 Å². The van der Waals surface area contributed by atoms with Crippen molar-refractivity contribution in [3.8, 4) is 5.75 Å². The third-order valence-corrected chi connectivity index (χ3v) is 2.92. The molecule has 0 heterocycles. The molecule has 1 rings (SSSR count). The molecule has 0 aliphatic carbocycles. The van der Waals surface area contributed by atoms with Crippen LogP contribution in [0.2, 0.25) is 0 Å². The van der Waals surface area contributed by atoms with Gasteiger partial charge in [0.05, 0.1) is 12.7 Å². The lowest BCUT2D eigenvalue weighted by Crippen LogP contribution is -2.23. The molecule has 1 atom stereocenters. The van der Waals surface area contributed by atoms with Crippen LogP contribution in [0.25, 0.3) is 0 Å². The van der Waals surface area contributed by atoms with E-state index in [4.69, 9.17) is 20.4 Å². The molecule has 6 heteroatoms. The molecule has 4 N–H and O–H groups in total. The summed E-state index contributed by atoms with van der Waals surface area (Å²) in [4.78, 5) is 0. The predicted octanol–water partition coefficient (Wildman–Crippen LogP) is 1.16. The normalized spacial score (nSPS) is 13.2. The first-order valence-corrected chi connectivity index (χ1v) is 6.46. The Labute approximate surface area is 119 Å². The molecule has 1 aromatic carbocycles. The first kappa shape index (κ1) is 16.3. The second kappa shape index (κ2) is 8.39. The molecule has 6 nitrogen and oxygen atoms in total. The van der Waals surface area contributed by atoms with Crippen molar-refractivity contribution in [2.75, 3.05) is 27.4 Å². The first-order chi connectivity index (χ1) is 9.62. The van der Waals surface area contributed by atoms with Crippen molar-refractivity contribution >= 4 is 5.84 Å². The Morgan fingerprint density at radius 1 is 1.45 bits per heavy atom. The van der Waals surface area contributed by atoms with Gasteiger partial charge in [0.15, 0.2) is 5.84 Å². The quantitative estimate of drug-likeness (QED) is 0.288. The summed E-state index contributed by atoms with van der Waals surface area (Å²) >= 11 is 0. The van der Waals surface area contributed by atoms with Crippen LogP contribution in [0, 0.1) is 5.92 Å². The predicted molar refractivity (Wildman–Crippen MR) is 78.3 cm³/mol. The molecule has 112 valence electrons. The summed E-state index contributed by atoms with van der Waals surface area (Å²) in [5, 5.41) is 15.1. The number of ether oxygens (including phenoxy) is 2. The average molecular weight is 281 g/mol. The van der Waals surface area contributed by atoms with Crippen LogP contribution in [0.5, 0.6) is 5.75 Å². The molecular formula is C14H23N3O3.